The van der Waals surface area contributed by atoms with Crippen molar-refractivity contribution < 1.29 is 9.84 Å². The van der Waals surface area contributed by atoms with Gasteiger partial charge >= 0.3 is 0 Å². The second-order valence-corrected chi connectivity index (χ2v) is 5.90. The smallest absolute Gasteiger partial charge is 0.0655 e. The molecular weight excluding hydrogens is 242 g/mol. The lowest BCUT2D eigenvalue weighted by Gasteiger charge is -2.52. The molecule has 1 aromatic heterocycles. The lowest BCUT2D eigenvalue weighted by atomic mass is 9.64. The molecule has 19 heavy (non-hydrogen) atoms. The van der Waals surface area contributed by atoms with Gasteiger partial charge in [-0.25, -0.2) is 0 Å². The molecule has 0 aliphatic heterocycles. The van der Waals surface area contributed by atoms with Crippen molar-refractivity contribution in [3.05, 3.63) is 18.0 Å². The molecular formula is C14H25N3O2. The van der Waals surface area contributed by atoms with Crippen LogP contribution in [-0.4, -0.2) is 40.2 Å². The maximum atomic E-state index is 9.57. The van der Waals surface area contributed by atoms with E-state index >= 15 is 0 Å². The third-order valence-electron chi connectivity index (χ3n) is 4.26. The molecule has 0 bridgehead atoms. The van der Waals surface area contributed by atoms with Crippen LogP contribution < -0.4 is 5.32 Å². The van der Waals surface area contributed by atoms with Crippen molar-refractivity contribution >= 4 is 0 Å². The molecule has 1 saturated carbocycles. The van der Waals surface area contributed by atoms with Gasteiger partial charge in [0.1, 0.15) is 0 Å². The highest BCUT2D eigenvalue weighted by Crippen LogP contribution is 2.43. The minimum absolute atomic E-state index is 0.0550. The van der Waals surface area contributed by atoms with Gasteiger partial charge < -0.3 is 15.2 Å². The van der Waals surface area contributed by atoms with Crippen LogP contribution in [0.2, 0.25) is 0 Å². The van der Waals surface area contributed by atoms with Gasteiger partial charge in [-0.1, -0.05) is 13.8 Å². The molecule has 1 fully saturated rings. The fraction of sp³-hybridized carbons (Fsp3) is 0.786. The first-order valence-corrected chi connectivity index (χ1v) is 6.96. The Hall–Kier alpha value is -0.910. The highest BCUT2D eigenvalue weighted by molar-refractivity contribution is 5.13. The van der Waals surface area contributed by atoms with Gasteiger partial charge in [-0.15, -0.1) is 0 Å². The number of nitrogens with one attached hydrogen (secondary N) is 1. The van der Waals surface area contributed by atoms with E-state index in [0.29, 0.717) is 12.1 Å². The van der Waals surface area contributed by atoms with Crippen LogP contribution in [0.3, 0.4) is 0 Å². The average Bonchev–Trinajstić information content (AvgIpc) is 2.79. The monoisotopic (exact) mass is 267 g/mol. The Balaban J connectivity index is 1.97. The van der Waals surface area contributed by atoms with E-state index in [4.69, 9.17) is 4.74 Å². The summed E-state index contributed by atoms with van der Waals surface area (Å²) in [6.07, 6.45) is 5.06. The van der Waals surface area contributed by atoms with Gasteiger partial charge in [-0.3, -0.25) is 4.68 Å². The second kappa shape index (κ2) is 5.61. The van der Waals surface area contributed by atoms with Crippen molar-refractivity contribution in [3.8, 4) is 0 Å². The van der Waals surface area contributed by atoms with Gasteiger partial charge in [-0.2, -0.15) is 5.10 Å². The Kier molecular flexibility index (Phi) is 4.28. The van der Waals surface area contributed by atoms with Crippen molar-refractivity contribution in [3.63, 3.8) is 0 Å². The Bertz CT molecular complexity index is 417. The van der Waals surface area contributed by atoms with E-state index in [9.17, 15) is 5.11 Å². The van der Waals surface area contributed by atoms with Gasteiger partial charge in [0.25, 0.3) is 0 Å². The summed E-state index contributed by atoms with van der Waals surface area (Å²) in [6, 6.07) is 0.307. The molecule has 1 aliphatic carbocycles. The summed E-state index contributed by atoms with van der Waals surface area (Å²) >= 11 is 0. The van der Waals surface area contributed by atoms with E-state index in [1.54, 1.807) is 10.9 Å². The summed E-state index contributed by atoms with van der Waals surface area (Å²) in [5.74, 6) is 0. The predicted octanol–water partition coefficient (Wildman–Crippen LogP) is 1.25. The van der Waals surface area contributed by atoms with Crippen molar-refractivity contribution in [2.75, 3.05) is 13.2 Å². The molecule has 3 atom stereocenters. The topological polar surface area (TPSA) is 59.3 Å². The maximum Gasteiger partial charge on any atom is 0.0655 e. The molecule has 0 saturated heterocycles. The van der Waals surface area contributed by atoms with E-state index < -0.39 is 0 Å². The zero-order valence-electron chi connectivity index (χ0n) is 12.3. The van der Waals surface area contributed by atoms with Crippen LogP contribution >= 0.6 is 0 Å². The molecule has 1 aromatic rings. The Morgan fingerprint density at radius 3 is 2.84 bits per heavy atom. The number of aliphatic hydroxyl groups excluding tert-OH is 1. The summed E-state index contributed by atoms with van der Waals surface area (Å²) < 4.78 is 7.49. The number of aliphatic hydroxyl groups is 1. The zero-order valence-corrected chi connectivity index (χ0v) is 12.3. The molecule has 1 aliphatic rings. The van der Waals surface area contributed by atoms with Crippen LogP contribution in [0.1, 0.15) is 38.8 Å². The van der Waals surface area contributed by atoms with Crippen LogP contribution in [0.25, 0.3) is 0 Å². The highest BCUT2D eigenvalue weighted by atomic mass is 16.5. The van der Waals surface area contributed by atoms with Gasteiger partial charge in [0, 0.05) is 36.9 Å². The van der Waals surface area contributed by atoms with E-state index in [0.717, 1.165) is 18.6 Å². The molecule has 2 N–H and O–H groups in total. The molecule has 0 spiro atoms. The van der Waals surface area contributed by atoms with Gasteiger partial charge in [-0.05, 0) is 13.3 Å². The van der Waals surface area contributed by atoms with E-state index in [2.05, 4.69) is 24.3 Å². The molecule has 1 heterocycles. The number of aryl methyl sites for hydroxylation is 1. The van der Waals surface area contributed by atoms with E-state index in [1.807, 2.05) is 20.2 Å². The first-order valence-electron chi connectivity index (χ1n) is 6.96. The van der Waals surface area contributed by atoms with Crippen molar-refractivity contribution in [2.24, 2.45) is 12.5 Å². The molecule has 0 amide bonds. The lowest BCUT2D eigenvalue weighted by Crippen LogP contribution is -2.61. The molecule has 5 nitrogen and oxygen atoms in total. The third kappa shape index (κ3) is 2.83. The standard InChI is InChI=1S/C14H25N3O2/c1-5-19-13-6-12(14(13,2)3)16-11(9-18)10-7-15-17(4)8-10/h7-8,11-13,16,18H,5-6,9H2,1-4H3. The number of ether oxygens (including phenoxy) is 1. The summed E-state index contributed by atoms with van der Waals surface area (Å²) in [5, 5.41) is 17.3. The number of aromatic nitrogens is 2. The normalized spacial score (nSPS) is 27.0. The second-order valence-electron chi connectivity index (χ2n) is 5.90. The molecule has 0 aromatic carbocycles. The van der Waals surface area contributed by atoms with Gasteiger partial charge in [0.2, 0.25) is 0 Å². The highest BCUT2D eigenvalue weighted by Gasteiger charge is 2.49. The largest absolute Gasteiger partial charge is 0.394 e. The quantitative estimate of drug-likeness (QED) is 0.814. The molecule has 108 valence electrons. The van der Waals surface area contributed by atoms with Crippen LogP contribution in [0.15, 0.2) is 12.4 Å². The first-order chi connectivity index (χ1) is 8.98. The molecule has 5 heteroatoms. The summed E-state index contributed by atoms with van der Waals surface area (Å²) in [7, 11) is 1.89. The van der Waals surface area contributed by atoms with E-state index in [-0.39, 0.29) is 18.1 Å². The minimum Gasteiger partial charge on any atom is -0.394 e. The Morgan fingerprint density at radius 2 is 2.37 bits per heavy atom. The summed E-state index contributed by atoms with van der Waals surface area (Å²) in [4.78, 5) is 0. The average molecular weight is 267 g/mol. The number of nitrogens with zero attached hydrogens (tertiary/aromatic N) is 2. The summed E-state index contributed by atoms with van der Waals surface area (Å²) in [6.45, 7) is 7.30. The Labute approximate surface area is 115 Å². The minimum atomic E-state index is -0.0550. The number of rotatable bonds is 6. The predicted molar refractivity (Wildman–Crippen MR) is 73.8 cm³/mol. The first kappa shape index (κ1) is 14.5. The van der Waals surface area contributed by atoms with Crippen molar-refractivity contribution in [2.45, 2.75) is 45.4 Å². The SMILES string of the molecule is CCOC1CC(NC(CO)c2cnn(C)c2)C1(C)C. The summed E-state index contributed by atoms with van der Waals surface area (Å²) in [5.41, 5.74) is 1.13. The fourth-order valence-corrected chi connectivity index (χ4v) is 2.77. The van der Waals surface area contributed by atoms with Crippen LogP contribution in [-0.2, 0) is 11.8 Å². The zero-order chi connectivity index (χ0) is 14.0. The van der Waals surface area contributed by atoms with Gasteiger partial charge in [0.15, 0.2) is 0 Å². The molecule has 2 rings (SSSR count). The van der Waals surface area contributed by atoms with Crippen LogP contribution in [0.4, 0.5) is 0 Å². The Morgan fingerprint density at radius 1 is 1.63 bits per heavy atom. The van der Waals surface area contributed by atoms with E-state index in [1.165, 1.54) is 0 Å². The third-order valence-corrected chi connectivity index (χ3v) is 4.26. The van der Waals surface area contributed by atoms with Crippen LogP contribution in [0, 0.1) is 5.41 Å². The van der Waals surface area contributed by atoms with Crippen molar-refractivity contribution in [1.29, 1.82) is 0 Å². The molecule has 0 radical (unpaired) electrons. The lowest BCUT2D eigenvalue weighted by molar-refractivity contribution is -0.117. The fourth-order valence-electron chi connectivity index (χ4n) is 2.77. The van der Waals surface area contributed by atoms with Crippen LogP contribution in [0.5, 0.6) is 0 Å². The number of hydrogen-bond donors (Lipinski definition) is 2. The van der Waals surface area contributed by atoms with Crippen molar-refractivity contribution in [1.82, 2.24) is 15.1 Å². The number of hydrogen-bond acceptors (Lipinski definition) is 4. The van der Waals surface area contributed by atoms with Gasteiger partial charge in [0.05, 0.1) is 24.9 Å². The maximum absolute atomic E-state index is 9.57. The molecule has 3 unspecified atom stereocenters.